The molecule has 3 N–H and O–H groups in total. The van der Waals surface area contributed by atoms with Gasteiger partial charge >= 0.3 is 10.3 Å². The molecule has 0 fully saturated rings. The molecule has 0 atom stereocenters. The lowest BCUT2D eigenvalue weighted by atomic mass is 10.7. The van der Waals surface area contributed by atoms with Crippen molar-refractivity contribution in [2.45, 2.75) is 6.29 Å². The lowest BCUT2D eigenvalue weighted by Gasteiger charge is -2.04. The van der Waals surface area contributed by atoms with Crippen LogP contribution in [-0.2, 0) is 14.5 Å². The second-order valence-electron chi connectivity index (χ2n) is 1.45. The molecule has 0 aromatic carbocycles. The van der Waals surface area contributed by atoms with Gasteiger partial charge in [-0.1, -0.05) is 0 Å². The first-order valence-electron chi connectivity index (χ1n) is 2.39. The fourth-order valence-corrected chi connectivity index (χ4v) is 0.707. The first-order chi connectivity index (χ1) is 4.48. The average molecular weight is 171 g/mol. The Morgan fingerprint density at radius 2 is 2.10 bits per heavy atom. The number of aliphatic hydroxyl groups excluding tert-OH is 1. The van der Waals surface area contributed by atoms with Crippen molar-refractivity contribution in [3.8, 4) is 0 Å². The predicted molar refractivity (Wildman–Crippen MR) is 32.2 cm³/mol. The molecular weight excluding hydrogens is 162 g/mol. The third-order valence-corrected chi connectivity index (χ3v) is 1.62. The Bertz CT molecular complexity index is 173. The molecule has 0 heterocycles. The van der Waals surface area contributed by atoms with E-state index in [0.717, 1.165) is 7.11 Å². The number of hydrogen-bond donors (Lipinski definition) is 3. The topological polar surface area (TPSA) is 95.9 Å². The highest BCUT2D eigenvalue weighted by Gasteiger charge is 2.08. The van der Waals surface area contributed by atoms with Crippen LogP contribution in [-0.4, -0.2) is 38.6 Å². The molecule has 0 spiro atoms. The molecule has 6 nitrogen and oxygen atoms in total. The molecule has 62 valence electrons. The van der Waals surface area contributed by atoms with Crippen LogP contribution in [0.2, 0.25) is 0 Å². The molecule has 0 aromatic rings. The summed E-state index contributed by atoms with van der Waals surface area (Å²) in [6.07, 6.45) is -1.70. The van der Waals surface area contributed by atoms with Crippen LogP contribution in [0.1, 0.15) is 0 Å². The molecule has 10 heavy (non-hydrogen) atoms. The van der Waals surface area contributed by atoms with E-state index in [4.69, 9.17) is 10.2 Å². The summed E-state index contributed by atoms with van der Waals surface area (Å²) in [5.41, 5.74) is 0. The first-order valence-corrected chi connectivity index (χ1v) is 3.80. The van der Waals surface area contributed by atoms with Gasteiger partial charge in [0.25, 0.3) is 0 Å². The van der Waals surface area contributed by atoms with Crippen LogP contribution in [0.3, 0.4) is 0 Å². The molecule has 7 heteroatoms. The maximum Gasteiger partial charge on any atom is 0.335 e. The van der Waals surface area contributed by atoms with Crippen molar-refractivity contribution >= 4 is 10.3 Å². The second-order valence-corrected chi connectivity index (χ2v) is 2.98. The van der Waals surface area contributed by atoms with Gasteiger partial charge in [0.15, 0.2) is 6.29 Å². The summed E-state index contributed by atoms with van der Waals surface area (Å²) in [5, 5.41) is 16.4. The van der Waals surface area contributed by atoms with Crippen molar-refractivity contribution in [2.75, 3.05) is 13.7 Å². The minimum absolute atomic E-state index is 0.476. The van der Waals surface area contributed by atoms with Gasteiger partial charge in [0.2, 0.25) is 0 Å². The lowest BCUT2D eigenvalue weighted by molar-refractivity contribution is -0.0339. The molecule has 0 aliphatic rings. The van der Waals surface area contributed by atoms with Gasteiger partial charge in [0.1, 0.15) is 0 Å². The highest BCUT2D eigenvalue weighted by molar-refractivity contribution is 7.84. The quantitative estimate of drug-likeness (QED) is 0.416. The number of rotatable bonds is 4. The van der Waals surface area contributed by atoms with Gasteiger partial charge in [-0.25, -0.2) is 0 Å². The Morgan fingerprint density at radius 1 is 1.60 bits per heavy atom. The number of nitrogens with one attached hydrogen (secondary N) is 1. The van der Waals surface area contributed by atoms with Crippen molar-refractivity contribution in [1.29, 1.82) is 0 Å². The molecule has 0 radical (unpaired) electrons. The molecule has 0 bridgehead atoms. The molecule has 0 aromatic heterocycles. The molecule has 0 aliphatic carbocycles. The van der Waals surface area contributed by atoms with Crippen LogP contribution < -0.4 is 4.72 Å². The second kappa shape index (κ2) is 3.84. The van der Waals surface area contributed by atoms with Crippen LogP contribution in [0.5, 0.6) is 0 Å². The third kappa shape index (κ3) is 4.65. The zero-order valence-corrected chi connectivity index (χ0v) is 6.13. The summed E-state index contributed by atoms with van der Waals surface area (Å²) in [6.45, 7) is -0.476. The van der Waals surface area contributed by atoms with E-state index in [1.165, 1.54) is 0 Å². The zero-order chi connectivity index (χ0) is 8.20. The number of aliphatic hydroxyl groups is 2. The van der Waals surface area contributed by atoms with E-state index < -0.39 is 23.1 Å². The Kier molecular flexibility index (Phi) is 3.76. The van der Waals surface area contributed by atoms with E-state index in [1.54, 1.807) is 4.72 Å². The van der Waals surface area contributed by atoms with Crippen LogP contribution in [0.25, 0.3) is 0 Å². The monoisotopic (exact) mass is 171 g/mol. The van der Waals surface area contributed by atoms with E-state index in [1.807, 2.05) is 0 Å². The highest BCUT2D eigenvalue weighted by Crippen LogP contribution is 1.82. The molecule has 0 saturated heterocycles. The van der Waals surface area contributed by atoms with Crippen molar-refractivity contribution in [1.82, 2.24) is 4.72 Å². The summed E-state index contributed by atoms with van der Waals surface area (Å²) in [4.78, 5) is 0. The summed E-state index contributed by atoms with van der Waals surface area (Å²) in [5.74, 6) is 0. The molecule has 0 aliphatic heterocycles. The van der Waals surface area contributed by atoms with Crippen molar-refractivity contribution < 1.29 is 22.8 Å². The lowest BCUT2D eigenvalue weighted by Crippen LogP contribution is -2.32. The average Bonchev–Trinajstić information content (AvgIpc) is 1.85. The molecule has 0 rings (SSSR count). The van der Waals surface area contributed by atoms with E-state index in [-0.39, 0.29) is 0 Å². The molecular formula is C3H9NO5S. The van der Waals surface area contributed by atoms with Gasteiger partial charge in [0, 0.05) is 0 Å². The summed E-state index contributed by atoms with van der Waals surface area (Å²) < 4.78 is 26.4. The minimum Gasteiger partial charge on any atom is -0.367 e. The van der Waals surface area contributed by atoms with E-state index in [9.17, 15) is 8.42 Å². The van der Waals surface area contributed by atoms with Crippen molar-refractivity contribution in [2.24, 2.45) is 0 Å². The van der Waals surface area contributed by atoms with E-state index in [0.29, 0.717) is 0 Å². The number of hydrogen-bond acceptors (Lipinski definition) is 5. The normalized spacial score (nSPS) is 12.4. The first kappa shape index (κ1) is 9.79. The molecule has 0 amide bonds. The standard InChI is InChI=1S/C3H9NO5S/c1-9-10(7,8)4-2-3(5)6/h3-6H,2H2,1H3. The summed E-state index contributed by atoms with van der Waals surface area (Å²) in [6, 6.07) is 0. The SMILES string of the molecule is COS(=O)(=O)NCC(O)O. The zero-order valence-electron chi connectivity index (χ0n) is 5.31. The fourth-order valence-electron chi connectivity index (χ4n) is 0.236. The maximum atomic E-state index is 10.3. The van der Waals surface area contributed by atoms with Crippen LogP contribution >= 0.6 is 0 Å². The van der Waals surface area contributed by atoms with Crippen LogP contribution in [0.15, 0.2) is 0 Å². The highest BCUT2D eigenvalue weighted by atomic mass is 32.2. The van der Waals surface area contributed by atoms with Gasteiger partial charge in [-0.05, 0) is 0 Å². The predicted octanol–water partition coefficient (Wildman–Crippen LogP) is -2.22. The fraction of sp³-hybridized carbons (Fsp3) is 1.00. The largest absolute Gasteiger partial charge is 0.367 e. The van der Waals surface area contributed by atoms with Crippen LogP contribution in [0.4, 0.5) is 0 Å². The smallest absolute Gasteiger partial charge is 0.335 e. The Morgan fingerprint density at radius 3 is 2.40 bits per heavy atom. The summed E-state index contributed by atoms with van der Waals surface area (Å²) >= 11 is 0. The van der Waals surface area contributed by atoms with Gasteiger partial charge in [-0.2, -0.15) is 13.1 Å². The minimum atomic E-state index is -3.78. The Balaban J connectivity index is 3.70. The van der Waals surface area contributed by atoms with E-state index in [2.05, 4.69) is 4.18 Å². The molecule has 0 saturated carbocycles. The van der Waals surface area contributed by atoms with Crippen molar-refractivity contribution in [3.63, 3.8) is 0 Å². The maximum absolute atomic E-state index is 10.3. The van der Waals surface area contributed by atoms with Gasteiger partial charge in [0.05, 0.1) is 13.7 Å². The Labute approximate surface area is 58.7 Å². The Hall–Kier alpha value is -0.210. The molecule has 0 unspecified atom stereocenters. The van der Waals surface area contributed by atoms with E-state index >= 15 is 0 Å². The van der Waals surface area contributed by atoms with Crippen LogP contribution in [0, 0.1) is 0 Å². The summed E-state index contributed by atoms with van der Waals surface area (Å²) in [7, 11) is -2.82. The van der Waals surface area contributed by atoms with Crippen molar-refractivity contribution in [3.05, 3.63) is 0 Å². The third-order valence-electron chi connectivity index (χ3n) is 0.662. The van der Waals surface area contributed by atoms with Gasteiger partial charge in [-0.3, -0.25) is 4.18 Å². The van der Waals surface area contributed by atoms with Gasteiger partial charge in [-0.15, -0.1) is 0 Å². The van der Waals surface area contributed by atoms with Gasteiger partial charge < -0.3 is 10.2 Å².